The molecular formula is C28H33NO15S. The van der Waals surface area contributed by atoms with Crippen molar-refractivity contribution >= 4 is 27.5 Å². The van der Waals surface area contributed by atoms with Gasteiger partial charge in [-0.05, 0) is 13.0 Å². The summed E-state index contributed by atoms with van der Waals surface area (Å²) in [5, 5.41) is 54.4. The van der Waals surface area contributed by atoms with Crippen LogP contribution in [0.1, 0.15) is 68.8 Å². The molecule has 8 N–H and O–H groups in total. The van der Waals surface area contributed by atoms with Gasteiger partial charge in [0.25, 0.3) is 10.1 Å². The highest BCUT2D eigenvalue weighted by molar-refractivity contribution is 7.85. The number of hydrogen-bond acceptors (Lipinski definition) is 15. The van der Waals surface area contributed by atoms with Gasteiger partial charge in [0, 0.05) is 36.0 Å². The minimum atomic E-state index is -3.96. The number of benzene rings is 2. The molecule has 1 saturated heterocycles. The number of aliphatic hydroxyl groups is 3. The first kappa shape index (κ1) is 34.4. The topological polar surface area (TPSA) is 267 Å². The maximum Gasteiger partial charge on any atom is 0.280 e. The smallest absolute Gasteiger partial charge is 0.280 e. The van der Waals surface area contributed by atoms with Gasteiger partial charge in [-0.3, -0.25) is 14.4 Å². The largest absolute Gasteiger partial charge is 0.507 e. The number of nitrogens with one attached hydrogen (secondary N) is 1. The van der Waals surface area contributed by atoms with E-state index >= 15 is 0 Å². The van der Waals surface area contributed by atoms with E-state index in [0.717, 1.165) is 6.26 Å². The summed E-state index contributed by atoms with van der Waals surface area (Å²) in [6.07, 6.45) is -5.66. The van der Waals surface area contributed by atoms with Crippen LogP contribution in [0.3, 0.4) is 0 Å². The first-order valence-corrected chi connectivity index (χ1v) is 15.3. The predicted molar refractivity (Wildman–Crippen MR) is 150 cm³/mol. The number of aromatic hydroxyl groups is 2. The van der Waals surface area contributed by atoms with Gasteiger partial charge in [0.05, 0.1) is 54.4 Å². The molecule has 6 atom stereocenters. The Balaban J connectivity index is 0.00000461. The van der Waals surface area contributed by atoms with Gasteiger partial charge in [0.15, 0.2) is 17.9 Å². The number of carbonyl (C=O) groups is 3. The van der Waals surface area contributed by atoms with Crippen LogP contribution in [-0.2, 0) is 35.1 Å². The van der Waals surface area contributed by atoms with E-state index in [-0.39, 0.29) is 39.9 Å². The third kappa shape index (κ3) is 5.94. The number of phenolic OH excluding ortho intramolecular Hbond substituents is 2. The predicted octanol–water partition coefficient (Wildman–Crippen LogP) is -1.30. The van der Waals surface area contributed by atoms with Gasteiger partial charge < -0.3 is 45.2 Å². The van der Waals surface area contributed by atoms with Crippen molar-refractivity contribution in [3.8, 4) is 17.2 Å². The number of ether oxygens (including phenoxy) is 3. The molecular weight excluding hydrogens is 622 g/mol. The first-order chi connectivity index (χ1) is 20.6. The molecule has 0 bridgehead atoms. The standard InChI is InChI=1S/C28H31NO14S.H2O/c1-11-23(32)14(29-43-44(3,38)39)7-18(41-11)42-16-9-28(37,17(31)10-30)8-13-20(16)27(36)22-21(25(13)34)24(33)12-5-4-6-15(40-2)19(12)26(22)35;/h4-6,11,14,16,18,23,29-30,32,34,36-37H,7-10H2,1-3H3;1H2/t11?,14?,16-,18?,23?,28-;/m0./s1. The zero-order valence-electron chi connectivity index (χ0n) is 24.3. The lowest BCUT2D eigenvalue weighted by Gasteiger charge is -2.42. The van der Waals surface area contributed by atoms with E-state index in [1.807, 2.05) is 0 Å². The molecule has 1 heterocycles. The van der Waals surface area contributed by atoms with Gasteiger partial charge in [-0.1, -0.05) is 12.1 Å². The van der Waals surface area contributed by atoms with Crippen LogP contribution in [0.5, 0.6) is 17.2 Å². The Labute approximate surface area is 256 Å². The first-order valence-electron chi connectivity index (χ1n) is 13.5. The number of methoxy groups -OCH3 is 1. The van der Waals surface area contributed by atoms with Gasteiger partial charge in [-0.15, -0.1) is 0 Å². The van der Waals surface area contributed by atoms with Crippen LogP contribution >= 0.6 is 0 Å². The van der Waals surface area contributed by atoms with E-state index in [2.05, 4.69) is 9.76 Å². The number of aliphatic hydroxyl groups excluding tert-OH is 2. The molecule has 246 valence electrons. The molecule has 45 heavy (non-hydrogen) atoms. The van der Waals surface area contributed by atoms with Crippen molar-refractivity contribution in [3.63, 3.8) is 0 Å². The number of fused-ring (bicyclic) bond motifs is 3. The fourth-order valence-electron chi connectivity index (χ4n) is 5.98. The Hall–Kier alpha value is -3.52. The second-order valence-corrected chi connectivity index (χ2v) is 12.6. The molecule has 2 aromatic rings. The summed E-state index contributed by atoms with van der Waals surface area (Å²) in [5.41, 5.74) is -1.89. The quantitative estimate of drug-likeness (QED) is 0.122. The zero-order chi connectivity index (χ0) is 32.3. The highest BCUT2D eigenvalue weighted by Gasteiger charge is 2.50. The lowest BCUT2D eigenvalue weighted by Crippen LogP contribution is -2.54. The molecule has 0 saturated carbocycles. The summed E-state index contributed by atoms with van der Waals surface area (Å²) in [7, 11) is -2.67. The van der Waals surface area contributed by atoms with Crippen molar-refractivity contribution in [2.24, 2.45) is 0 Å². The average molecular weight is 656 g/mol. The average Bonchev–Trinajstić information content (AvgIpc) is 2.97. The summed E-state index contributed by atoms with van der Waals surface area (Å²) in [4.78, 5) is 40.0. The molecule has 1 fully saturated rings. The SMILES string of the molecule is COc1cccc2c1C(=O)c1c(O)c3c(c(O)c1C2=O)C[C@@](O)(C(=O)CO)C[C@@H]3OC1CC(NOS(C)(=O)=O)C(O)C(C)O1.O. The normalized spacial score (nSPS) is 27.6. The number of ketones is 3. The summed E-state index contributed by atoms with van der Waals surface area (Å²) in [6.45, 7) is 0.378. The molecule has 1 aliphatic heterocycles. The zero-order valence-corrected chi connectivity index (χ0v) is 25.1. The summed E-state index contributed by atoms with van der Waals surface area (Å²) in [5.74, 6) is -4.15. The molecule has 2 aliphatic carbocycles. The molecule has 0 aromatic heterocycles. The van der Waals surface area contributed by atoms with Gasteiger partial charge in [0.2, 0.25) is 5.78 Å². The second kappa shape index (κ2) is 12.3. The van der Waals surface area contributed by atoms with Crippen LogP contribution < -0.4 is 10.2 Å². The van der Waals surface area contributed by atoms with Crippen molar-refractivity contribution in [1.29, 1.82) is 0 Å². The number of carbonyl (C=O) groups excluding carboxylic acids is 3. The third-order valence-electron chi connectivity index (χ3n) is 8.11. The van der Waals surface area contributed by atoms with E-state index in [0.29, 0.717) is 0 Å². The van der Waals surface area contributed by atoms with Crippen LogP contribution in [0, 0.1) is 0 Å². The highest BCUT2D eigenvalue weighted by atomic mass is 32.2. The minimum Gasteiger partial charge on any atom is -0.507 e. The van der Waals surface area contributed by atoms with Crippen molar-refractivity contribution in [2.75, 3.05) is 20.0 Å². The monoisotopic (exact) mass is 655 g/mol. The van der Waals surface area contributed by atoms with Crippen LogP contribution in [-0.4, -0.2) is 107 Å². The maximum absolute atomic E-state index is 13.7. The number of phenols is 2. The van der Waals surface area contributed by atoms with E-state index in [1.165, 1.54) is 32.2 Å². The van der Waals surface area contributed by atoms with Crippen molar-refractivity contribution in [2.45, 2.75) is 62.4 Å². The Morgan fingerprint density at radius 3 is 2.42 bits per heavy atom. The van der Waals surface area contributed by atoms with Crippen LogP contribution in [0.25, 0.3) is 0 Å². The molecule has 0 spiro atoms. The third-order valence-corrected chi connectivity index (χ3v) is 8.51. The lowest BCUT2D eigenvalue weighted by atomic mass is 9.72. The minimum absolute atomic E-state index is 0. The summed E-state index contributed by atoms with van der Waals surface area (Å²) in [6, 6.07) is 3.22. The molecule has 4 unspecified atom stereocenters. The molecule has 0 amide bonds. The van der Waals surface area contributed by atoms with Gasteiger partial charge >= 0.3 is 0 Å². The molecule has 3 aliphatic rings. The van der Waals surface area contributed by atoms with E-state index in [1.54, 1.807) is 0 Å². The highest BCUT2D eigenvalue weighted by Crippen LogP contribution is 2.52. The number of rotatable bonds is 8. The van der Waals surface area contributed by atoms with Crippen LogP contribution in [0.15, 0.2) is 18.2 Å². The second-order valence-electron chi connectivity index (χ2n) is 11.0. The van der Waals surface area contributed by atoms with Gasteiger partial charge in [-0.25, -0.2) is 0 Å². The van der Waals surface area contributed by atoms with Gasteiger partial charge in [-0.2, -0.15) is 18.2 Å². The summed E-state index contributed by atoms with van der Waals surface area (Å²) < 4.78 is 44.6. The van der Waals surface area contributed by atoms with E-state index in [4.69, 9.17) is 14.2 Å². The summed E-state index contributed by atoms with van der Waals surface area (Å²) >= 11 is 0. The Bertz CT molecular complexity index is 1660. The Kier molecular flexibility index (Phi) is 9.43. The number of Topliss-reactive ketones (excluding diaryl/α,β-unsaturated/α-hetero) is 1. The molecule has 16 nitrogen and oxygen atoms in total. The van der Waals surface area contributed by atoms with Crippen LogP contribution in [0.2, 0.25) is 0 Å². The molecule has 17 heteroatoms. The molecule has 0 radical (unpaired) electrons. The maximum atomic E-state index is 13.7. The van der Waals surface area contributed by atoms with E-state index in [9.17, 15) is 48.3 Å². The van der Waals surface area contributed by atoms with E-state index < -0.39 is 106 Å². The fourth-order valence-corrected chi connectivity index (χ4v) is 6.28. The van der Waals surface area contributed by atoms with Gasteiger partial charge in [0.1, 0.15) is 29.5 Å². The number of hydroxylamine groups is 1. The van der Waals surface area contributed by atoms with Crippen molar-refractivity contribution in [3.05, 3.63) is 51.6 Å². The lowest BCUT2D eigenvalue weighted by molar-refractivity contribution is -0.254. The molecule has 5 rings (SSSR count). The Morgan fingerprint density at radius 1 is 1.13 bits per heavy atom. The number of hydrogen-bond donors (Lipinski definition) is 6. The van der Waals surface area contributed by atoms with Crippen LogP contribution in [0.4, 0.5) is 0 Å². The Morgan fingerprint density at radius 2 is 1.80 bits per heavy atom. The fraction of sp³-hybridized carbons (Fsp3) is 0.464. The van der Waals surface area contributed by atoms with Crippen molar-refractivity contribution in [1.82, 2.24) is 5.48 Å². The van der Waals surface area contributed by atoms with Crippen molar-refractivity contribution < 1.29 is 72.3 Å². The molecule has 2 aromatic carbocycles.